The number of nitrogens with zero attached hydrogens (tertiary/aromatic N) is 2. The highest BCUT2D eigenvalue weighted by molar-refractivity contribution is 5.91. The number of aromatic nitrogens is 2. The van der Waals surface area contributed by atoms with Crippen molar-refractivity contribution in [2.45, 2.75) is 33.2 Å². The topological polar surface area (TPSA) is 46.9 Å². The molecule has 2 rings (SSSR count). The van der Waals surface area contributed by atoms with Crippen molar-refractivity contribution in [2.75, 3.05) is 5.32 Å². The number of aryl methyl sites for hydroxylation is 2. The summed E-state index contributed by atoms with van der Waals surface area (Å²) in [5, 5.41) is 7.11. The van der Waals surface area contributed by atoms with Gasteiger partial charge in [0.2, 0.25) is 5.91 Å². The molecule has 1 heterocycles. The van der Waals surface area contributed by atoms with E-state index in [2.05, 4.69) is 10.4 Å². The number of hydrogen-bond donors (Lipinski definition) is 1. The molecule has 0 aliphatic heterocycles. The Bertz CT molecular complexity index is 561. The lowest BCUT2D eigenvalue weighted by molar-refractivity contribution is -0.116. The van der Waals surface area contributed by atoms with Crippen LogP contribution in [0.5, 0.6) is 0 Å². The Hall–Kier alpha value is -2.10. The highest BCUT2D eigenvalue weighted by Crippen LogP contribution is 2.18. The zero-order chi connectivity index (χ0) is 13.8. The second kappa shape index (κ2) is 5.69. The molecule has 1 atom stereocenters. The fourth-order valence-corrected chi connectivity index (χ4v) is 1.97. The van der Waals surface area contributed by atoms with Crippen molar-refractivity contribution < 1.29 is 4.79 Å². The number of carbonyl (C=O) groups excluding carboxylic acids is 1. The molecular weight excluding hydrogens is 238 g/mol. The first-order valence-corrected chi connectivity index (χ1v) is 6.42. The van der Waals surface area contributed by atoms with Crippen molar-refractivity contribution in [3.05, 3.63) is 47.8 Å². The summed E-state index contributed by atoms with van der Waals surface area (Å²) in [6, 6.07) is 7.96. The van der Waals surface area contributed by atoms with Crippen LogP contribution in [0.15, 0.2) is 36.7 Å². The molecule has 0 fully saturated rings. The van der Waals surface area contributed by atoms with Crippen LogP contribution in [-0.4, -0.2) is 15.7 Å². The Labute approximate surface area is 113 Å². The van der Waals surface area contributed by atoms with Gasteiger partial charge in [0.05, 0.1) is 6.04 Å². The third-order valence-electron chi connectivity index (χ3n) is 3.12. The van der Waals surface area contributed by atoms with Gasteiger partial charge in [0.15, 0.2) is 0 Å². The van der Waals surface area contributed by atoms with Crippen LogP contribution in [0, 0.1) is 13.8 Å². The van der Waals surface area contributed by atoms with E-state index in [1.807, 2.05) is 51.2 Å². The largest absolute Gasteiger partial charge is 0.326 e. The first-order chi connectivity index (χ1) is 9.06. The van der Waals surface area contributed by atoms with E-state index in [4.69, 9.17) is 0 Å². The van der Waals surface area contributed by atoms with E-state index in [1.165, 1.54) is 0 Å². The minimum absolute atomic E-state index is 0.0108. The molecule has 0 radical (unpaired) electrons. The Balaban J connectivity index is 1.99. The second-order valence-corrected chi connectivity index (χ2v) is 4.91. The standard InChI is InChI=1S/C15H19N3O/c1-11-5-6-12(2)14(9-11)17-15(19)10-13(3)18-8-4-7-16-18/h4-9,13H,10H2,1-3H3,(H,17,19)/t13-/m0/s1. The molecule has 0 saturated heterocycles. The van der Waals surface area contributed by atoms with Gasteiger partial charge in [-0.05, 0) is 44.0 Å². The molecule has 0 saturated carbocycles. The summed E-state index contributed by atoms with van der Waals surface area (Å²) in [6.07, 6.45) is 4.00. The van der Waals surface area contributed by atoms with Gasteiger partial charge >= 0.3 is 0 Å². The van der Waals surface area contributed by atoms with E-state index >= 15 is 0 Å². The molecule has 0 spiro atoms. The third-order valence-corrected chi connectivity index (χ3v) is 3.12. The monoisotopic (exact) mass is 257 g/mol. The molecule has 0 bridgehead atoms. The van der Waals surface area contributed by atoms with E-state index < -0.39 is 0 Å². The Kier molecular flexibility index (Phi) is 4.00. The molecule has 2 aromatic rings. The number of amides is 1. The van der Waals surface area contributed by atoms with Crippen molar-refractivity contribution in [2.24, 2.45) is 0 Å². The molecular formula is C15H19N3O. The normalized spacial score (nSPS) is 12.2. The average molecular weight is 257 g/mol. The highest BCUT2D eigenvalue weighted by Gasteiger charge is 2.11. The molecule has 19 heavy (non-hydrogen) atoms. The maximum atomic E-state index is 12.0. The van der Waals surface area contributed by atoms with Crippen LogP contribution >= 0.6 is 0 Å². The Morgan fingerprint density at radius 1 is 1.42 bits per heavy atom. The van der Waals surface area contributed by atoms with Crippen molar-refractivity contribution >= 4 is 11.6 Å². The predicted octanol–water partition coefficient (Wildman–Crippen LogP) is 3.09. The van der Waals surface area contributed by atoms with E-state index in [0.717, 1.165) is 16.8 Å². The van der Waals surface area contributed by atoms with Gasteiger partial charge in [0.1, 0.15) is 0 Å². The summed E-state index contributed by atoms with van der Waals surface area (Å²) in [4.78, 5) is 12.0. The van der Waals surface area contributed by atoms with Crippen LogP contribution in [0.2, 0.25) is 0 Å². The van der Waals surface area contributed by atoms with E-state index in [0.29, 0.717) is 6.42 Å². The van der Waals surface area contributed by atoms with Crippen LogP contribution in [0.3, 0.4) is 0 Å². The number of carbonyl (C=O) groups is 1. The number of nitrogens with one attached hydrogen (secondary N) is 1. The lowest BCUT2D eigenvalue weighted by Gasteiger charge is -2.13. The molecule has 1 aromatic carbocycles. The van der Waals surface area contributed by atoms with E-state index in [9.17, 15) is 4.79 Å². The summed E-state index contributed by atoms with van der Waals surface area (Å²) in [6.45, 7) is 5.99. The van der Waals surface area contributed by atoms with Crippen LogP contribution in [0.25, 0.3) is 0 Å². The van der Waals surface area contributed by atoms with Gasteiger partial charge in [-0.1, -0.05) is 12.1 Å². The SMILES string of the molecule is Cc1ccc(C)c(NC(=O)C[C@H](C)n2cccn2)c1. The number of anilines is 1. The van der Waals surface area contributed by atoms with Gasteiger partial charge in [-0.2, -0.15) is 5.10 Å². The first-order valence-electron chi connectivity index (χ1n) is 6.42. The maximum Gasteiger partial charge on any atom is 0.226 e. The van der Waals surface area contributed by atoms with Gasteiger partial charge < -0.3 is 5.32 Å². The predicted molar refractivity (Wildman–Crippen MR) is 76.1 cm³/mol. The lowest BCUT2D eigenvalue weighted by Crippen LogP contribution is -2.18. The fraction of sp³-hybridized carbons (Fsp3) is 0.333. The maximum absolute atomic E-state index is 12.0. The number of rotatable bonds is 4. The van der Waals surface area contributed by atoms with E-state index in [-0.39, 0.29) is 11.9 Å². The second-order valence-electron chi connectivity index (χ2n) is 4.91. The minimum Gasteiger partial charge on any atom is -0.326 e. The molecule has 0 aliphatic rings. The van der Waals surface area contributed by atoms with Gasteiger partial charge in [-0.15, -0.1) is 0 Å². The van der Waals surface area contributed by atoms with Crippen molar-refractivity contribution in [1.29, 1.82) is 0 Å². The Morgan fingerprint density at radius 3 is 2.89 bits per heavy atom. The summed E-state index contributed by atoms with van der Waals surface area (Å²) < 4.78 is 1.79. The van der Waals surface area contributed by atoms with E-state index in [1.54, 1.807) is 10.9 Å². The highest BCUT2D eigenvalue weighted by atomic mass is 16.1. The molecule has 4 heteroatoms. The summed E-state index contributed by atoms with van der Waals surface area (Å²) >= 11 is 0. The smallest absolute Gasteiger partial charge is 0.226 e. The van der Waals surface area contributed by atoms with Crippen LogP contribution in [-0.2, 0) is 4.79 Å². The van der Waals surface area contributed by atoms with Crippen LogP contribution in [0.1, 0.15) is 30.5 Å². The number of benzene rings is 1. The molecule has 0 unspecified atom stereocenters. The zero-order valence-electron chi connectivity index (χ0n) is 11.6. The number of hydrogen-bond acceptors (Lipinski definition) is 2. The van der Waals surface area contributed by atoms with Gasteiger partial charge in [-0.3, -0.25) is 9.48 Å². The summed E-state index contributed by atoms with van der Waals surface area (Å²) in [5.74, 6) is 0.0108. The molecule has 0 aliphatic carbocycles. The third kappa shape index (κ3) is 3.44. The van der Waals surface area contributed by atoms with Crippen molar-refractivity contribution in [3.63, 3.8) is 0 Å². The average Bonchev–Trinajstić information content (AvgIpc) is 2.87. The summed E-state index contributed by atoms with van der Waals surface area (Å²) in [5.41, 5.74) is 3.10. The van der Waals surface area contributed by atoms with Gasteiger partial charge in [-0.25, -0.2) is 0 Å². The van der Waals surface area contributed by atoms with Crippen LogP contribution in [0.4, 0.5) is 5.69 Å². The van der Waals surface area contributed by atoms with Gasteiger partial charge in [0.25, 0.3) is 0 Å². The first kappa shape index (κ1) is 13.3. The molecule has 4 nitrogen and oxygen atoms in total. The fourth-order valence-electron chi connectivity index (χ4n) is 1.97. The molecule has 1 amide bonds. The minimum atomic E-state index is 0.0108. The van der Waals surface area contributed by atoms with Crippen molar-refractivity contribution in [1.82, 2.24) is 9.78 Å². The molecule has 100 valence electrons. The zero-order valence-corrected chi connectivity index (χ0v) is 11.6. The van der Waals surface area contributed by atoms with Crippen LogP contribution < -0.4 is 5.32 Å². The summed E-state index contributed by atoms with van der Waals surface area (Å²) in [7, 11) is 0. The lowest BCUT2D eigenvalue weighted by atomic mass is 10.1. The van der Waals surface area contributed by atoms with Crippen molar-refractivity contribution in [3.8, 4) is 0 Å². The van der Waals surface area contributed by atoms with Gasteiger partial charge in [0, 0.05) is 24.5 Å². The quantitative estimate of drug-likeness (QED) is 0.915. The Morgan fingerprint density at radius 2 is 2.21 bits per heavy atom. The molecule has 1 N–H and O–H groups in total. The molecule has 1 aromatic heterocycles.